The van der Waals surface area contributed by atoms with E-state index in [-0.39, 0.29) is 5.91 Å². The van der Waals surface area contributed by atoms with Gasteiger partial charge in [-0.25, -0.2) is 0 Å². The van der Waals surface area contributed by atoms with Crippen molar-refractivity contribution < 1.29 is 4.79 Å². The van der Waals surface area contributed by atoms with Crippen LogP contribution in [0.1, 0.15) is 10.4 Å². The highest BCUT2D eigenvalue weighted by atomic mass is 16.2. The van der Waals surface area contributed by atoms with Gasteiger partial charge in [-0.2, -0.15) is 0 Å². The van der Waals surface area contributed by atoms with E-state index in [1.165, 1.54) is 0 Å². The monoisotopic (exact) mass is 266 g/mol. The molecule has 1 N–H and O–H groups in total. The Hall–Kier alpha value is -2.13. The topological polar surface area (TPSA) is 32.3 Å². The molecule has 20 heavy (non-hydrogen) atoms. The van der Waals surface area contributed by atoms with Crippen LogP contribution < -0.4 is 5.32 Å². The van der Waals surface area contributed by atoms with Crippen molar-refractivity contribution in [2.24, 2.45) is 0 Å². The molecular formula is C17H18N2O. The van der Waals surface area contributed by atoms with Gasteiger partial charge in [0, 0.05) is 31.7 Å². The average Bonchev–Trinajstić information content (AvgIpc) is 2.56. The maximum Gasteiger partial charge on any atom is 0.253 e. The summed E-state index contributed by atoms with van der Waals surface area (Å²) >= 11 is 0. The van der Waals surface area contributed by atoms with Crippen molar-refractivity contribution in [1.82, 2.24) is 10.2 Å². The molecule has 0 aliphatic carbocycles. The van der Waals surface area contributed by atoms with Crippen LogP contribution >= 0.6 is 0 Å². The van der Waals surface area contributed by atoms with Crippen molar-refractivity contribution in [3.05, 3.63) is 60.2 Å². The van der Waals surface area contributed by atoms with Crippen LogP contribution in [0.5, 0.6) is 0 Å². The summed E-state index contributed by atoms with van der Waals surface area (Å²) in [5.74, 6) is 0.129. The number of benzene rings is 2. The zero-order chi connectivity index (χ0) is 13.8. The van der Waals surface area contributed by atoms with E-state index in [2.05, 4.69) is 17.4 Å². The molecule has 3 nitrogen and oxygen atoms in total. The van der Waals surface area contributed by atoms with Crippen LogP contribution in [0.2, 0.25) is 0 Å². The Kier molecular flexibility index (Phi) is 3.79. The van der Waals surface area contributed by atoms with Crippen LogP contribution in [0.3, 0.4) is 0 Å². The van der Waals surface area contributed by atoms with E-state index in [9.17, 15) is 4.79 Å². The average molecular weight is 266 g/mol. The molecule has 0 spiro atoms. The van der Waals surface area contributed by atoms with E-state index >= 15 is 0 Å². The van der Waals surface area contributed by atoms with Crippen LogP contribution in [0.25, 0.3) is 11.1 Å². The SMILES string of the molecule is O=C(c1cccc(-c2ccccc2)c1)N1CCNCC1. The first kappa shape index (κ1) is 12.9. The summed E-state index contributed by atoms with van der Waals surface area (Å²) in [5, 5.41) is 3.26. The fraction of sp³-hybridized carbons (Fsp3) is 0.235. The molecule has 0 aromatic heterocycles. The number of carbonyl (C=O) groups excluding carboxylic acids is 1. The second-order valence-corrected chi connectivity index (χ2v) is 4.99. The Bertz CT molecular complexity index is 589. The first-order valence-corrected chi connectivity index (χ1v) is 7.00. The van der Waals surface area contributed by atoms with Crippen LogP contribution in [-0.2, 0) is 0 Å². The zero-order valence-corrected chi connectivity index (χ0v) is 11.4. The molecule has 0 atom stereocenters. The number of hydrogen-bond acceptors (Lipinski definition) is 2. The number of rotatable bonds is 2. The third-order valence-corrected chi connectivity index (χ3v) is 3.62. The minimum Gasteiger partial charge on any atom is -0.336 e. The molecule has 1 fully saturated rings. The summed E-state index contributed by atoms with van der Waals surface area (Å²) < 4.78 is 0. The van der Waals surface area contributed by atoms with Gasteiger partial charge in [-0.05, 0) is 23.3 Å². The molecule has 1 saturated heterocycles. The van der Waals surface area contributed by atoms with Crippen LogP contribution in [-0.4, -0.2) is 37.0 Å². The van der Waals surface area contributed by atoms with Gasteiger partial charge in [0.25, 0.3) is 5.91 Å². The van der Waals surface area contributed by atoms with Gasteiger partial charge in [-0.1, -0.05) is 42.5 Å². The van der Waals surface area contributed by atoms with Gasteiger partial charge in [0.1, 0.15) is 0 Å². The van der Waals surface area contributed by atoms with Gasteiger partial charge in [0.2, 0.25) is 0 Å². The Morgan fingerprint density at radius 3 is 2.35 bits per heavy atom. The highest BCUT2D eigenvalue weighted by molar-refractivity contribution is 5.95. The Balaban J connectivity index is 1.85. The van der Waals surface area contributed by atoms with Crippen LogP contribution in [0, 0.1) is 0 Å². The number of piperazine rings is 1. The number of hydrogen-bond donors (Lipinski definition) is 1. The lowest BCUT2D eigenvalue weighted by Gasteiger charge is -2.27. The number of carbonyl (C=O) groups is 1. The molecule has 0 unspecified atom stereocenters. The third-order valence-electron chi connectivity index (χ3n) is 3.62. The van der Waals surface area contributed by atoms with Gasteiger partial charge in [0.05, 0.1) is 0 Å². The fourth-order valence-corrected chi connectivity index (χ4v) is 2.51. The maximum absolute atomic E-state index is 12.5. The highest BCUT2D eigenvalue weighted by Crippen LogP contribution is 2.20. The van der Waals surface area contributed by atoms with E-state index in [1.54, 1.807) is 0 Å². The number of nitrogens with zero attached hydrogens (tertiary/aromatic N) is 1. The largest absolute Gasteiger partial charge is 0.336 e. The van der Waals surface area contributed by atoms with Crippen molar-refractivity contribution in [3.63, 3.8) is 0 Å². The molecule has 1 aliphatic heterocycles. The number of amides is 1. The highest BCUT2D eigenvalue weighted by Gasteiger charge is 2.17. The van der Waals surface area contributed by atoms with Gasteiger partial charge in [0.15, 0.2) is 0 Å². The second kappa shape index (κ2) is 5.88. The summed E-state index contributed by atoms with van der Waals surface area (Å²) in [6, 6.07) is 18.0. The van der Waals surface area contributed by atoms with Crippen molar-refractivity contribution in [2.75, 3.05) is 26.2 Å². The van der Waals surface area contributed by atoms with E-state index < -0.39 is 0 Å². The third kappa shape index (κ3) is 2.73. The summed E-state index contributed by atoms with van der Waals surface area (Å²) in [6.45, 7) is 3.33. The molecular weight excluding hydrogens is 248 g/mol. The van der Waals surface area contributed by atoms with Crippen molar-refractivity contribution in [2.45, 2.75) is 0 Å². The quantitative estimate of drug-likeness (QED) is 0.905. The van der Waals surface area contributed by atoms with E-state index in [1.807, 2.05) is 47.4 Å². The summed E-state index contributed by atoms with van der Waals surface area (Å²) in [7, 11) is 0. The van der Waals surface area contributed by atoms with E-state index in [4.69, 9.17) is 0 Å². The van der Waals surface area contributed by atoms with Crippen molar-refractivity contribution in [3.8, 4) is 11.1 Å². The van der Waals surface area contributed by atoms with E-state index in [0.29, 0.717) is 0 Å². The smallest absolute Gasteiger partial charge is 0.253 e. The Labute approximate surface area is 119 Å². The predicted molar refractivity (Wildman–Crippen MR) is 80.7 cm³/mol. The molecule has 1 aliphatic rings. The van der Waals surface area contributed by atoms with Gasteiger partial charge in [-0.15, -0.1) is 0 Å². The first-order valence-electron chi connectivity index (χ1n) is 7.00. The van der Waals surface area contributed by atoms with Crippen LogP contribution in [0.15, 0.2) is 54.6 Å². The van der Waals surface area contributed by atoms with E-state index in [0.717, 1.165) is 42.9 Å². The fourth-order valence-electron chi connectivity index (χ4n) is 2.51. The predicted octanol–water partition coefficient (Wildman–Crippen LogP) is 2.40. The molecule has 2 aromatic carbocycles. The molecule has 3 heteroatoms. The molecule has 1 heterocycles. The summed E-state index contributed by atoms with van der Waals surface area (Å²) in [4.78, 5) is 14.4. The summed E-state index contributed by atoms with van der Waals surface area (Å²) in [6.07, 6.45) is 0. The Morgan fingerprint density at radius 2 is 1.60 bits per heavy atom. The van der Waals surface area contributed by atoms with Gasteiger partial charge in [-0.3, -0.25) is 4.79 Å². The molecule has 2 aromatic rings. The molecule has 3 rings (SSSR count). The van der Waals surface area contributed by atoms with Gasteiger partial charge < -0.3 is 10.2 Å². The standard InChI is InChI=1S/C17H18N2O/c20-17(19-11-9-18-10-12-19)16-8-4-7-15(13-16)14-5-2-1-3-6-14/h1-8,13,18H,9-12H2. The second-order valence-electron chi connectivity index (χ2n) is 4.99. The molecule has 1 amide bonds. The summed E-state index contributed by atoms with van der Waals surface area (Å²) in [5.41, 5.74) is 3.00. The zero-order valence-electron chi connectivity index (χ0n) is 11.4. The molecule has 0 radical (unpaired) electrons. The lowest BCUT2D eigenvalue weighted by molar-refractivity contribution is 0.0736. The maximum atomic E-state index is 12.5. The lowest BCUT2D eigenvalue weighted by Crippen LogP contribution is -2.46. The first-order chi connectivity index (χ1) is 9.84. The van der Waals surface area contributed by atoms with Crippen LogP contribution in [0.4, 0.5) is 0 Å². The minimum absolute atomic E-state index is 0.129. The van der Waals surface area contributed by atoms with Gasteiger partial charge >= 0.3 is 0 Å². The Morgan fingerprint density at radius 1 is 0.900 bits per heavy atom. The number of nitrogens with one attached hydrogen (secondary N) is 1. The minimum atomic E-state index is 0.129. The van der Waals surface area contributed by atoms with Crippen molar-refractivity contribution in [1.29, 1.82) is 0 Å². The molecule has 102 valence electrons. The molecule has 0 bridgehead atoms. The molecule has 0 saturated carbocycles. The van der Waals surface area contributed by atoms with Crippen molar-refractivity contribution >= 4 is 5.91 Å². The normalized spacial score (nSPS) is 15.1. The lowest BCUT2D eigenvalue weighted by atomic mass is 10.0.